The van der Waals surface area contributed by atoms with Gasteiger partial charge in [-0.05, 0) is 55.3 Å². The van der Waals surface area contributed by atoms with Crippen LogP contribution in [-0.2, 0) is 14.8 Å². The van der Waals surface area contributed by atoms with Crippen LogP contribution in [0.5, 0.6) is 17.2 Å². The summed E-state index contributed by atoms with van der Waals surface area (Å²) < 4.78 is 72.0. The van der Waals surface area contributed by atoms with Gasteiger partial charge in [0.1, 0.15) is 17.2 Å². The minimum atomic E-state index is -4.80. The van der Waals surface area contributed by atoms with Crippen molar-refractivity contribution >= 4 is 21.6 Å². The largest absolute Gasteiger partial charge is 0.573 e. The molecular weight excluding hydrogens is 449 g/mol. The predicted octanol–water partition coefficient (Wildman–Crippen LogP) is 4.46. The topological polar surface area (TPSA) is 76.2 Å². The molecule has 0 spiro atoms. The first-order valence-electron chi connectivity index (χ1n) is 9.74. The Labute approximate surface area is 184 Å². The number of alkyl halides is 3. The van der Waals surface area contributed by atoms with Gasteiger partial charge in [-0.3, -0.25) is 9.10 Å². The summed E-state index contributed by atoms with van der Waals surface area (Å²) in [6.45, 7) is 2.03. The minimum Gasteiger partial charge on any atom is -0.457 e. The number of rotatable bonds is 6. The van der Waals surface area contributed by atoms with E-state index in [1.807, 2.05) is 0 Å². The molecule has 1 aliphatic rings. The SMILES string of the molecule is CC(=O)N1CCCC1c1cc(N(C)S(C)(=O)=O)ccc1Oc1ccc(OC(F)(F)F)cc1. The van der Waals surface area contributed by atoms with Gasteiger partial charge in [-0.2, -0.15) is 0 Å². The molecule has 1 fully saturated rings. The molecule has 0 saturated carbocycles. The van der Waals surface area contributed by atoms with Crippen LogP contribution < -0.4 is 13.8 Å². The highest BCUT2D eigenvalue weighted by Gasteiger charge is 2.32. The molecule has 0 aliphatic carbocycles. The van der Waals surface area contributed by atoms with Gasteiger partial charge in [0.2, 0.25) is 15.9 Å². The summed E-state index contributed by atoms with van der Waals surface area (Å²) in [5.74, 6) is 0.137. The molecule has 11 heteroatoms. The van der Waals surface area contributed by atoms with E-state index in [2.05, 4.69) is 4.74 Å². The standard InChI is InChI=1S/C21H23F3N2O5S/c1-14(27)26-12-4-5-19(26)18-13-15(25(2)32(3,28)29)6-11-20(18)30-16-7-9-17(10-8-16)31-21(22,23)24/h6-11,13,19H,4-5,12H2,1-3H3. The Kier molecular flexibility index (Phi) is 6.59. The van der Waals surface area contributed by atoms with Crippen LogP contribution in [0.25, 0.3) is 0 Å². The summed E-state index contributed by atoms with van der Waals surface area (Å²) in [5, 5.41) is 0. The highest BCUT2D eigenvalue weighted by Crippen LogP contribution is 2.41. The number of amides is 1. The zero-order valence-electron chi connectivity index (χ0n) is 17.7. The first-order chi connectivity index (χ1) is 14.8. The number of carbonyl (C=O) groups excluding carboxylic acids is 1. The first kappa shape index (κ1) is 23.7. The molecule has 2 aromatic carbocycles. The number of benzene rings is 2. The monoisotopic (exact) mass is 472 g/mol. The third kappa shape index (κ3) is 5.64. The summed E-state index contributed by atoms with van der Waals surface area (Å²) in [6.07, 6.45) is -2.27. The number of ether oxygens (including phenoxy) is 2. The zero-order chi connectivity index (χ0) is 23.7. The highest BCUT2D eigenvalue weighted by molar-refractivity contribution is 7.92. The van der Waals surface area contributed by atoms with Crippen molar-refractivity contribution < 1.29 is 35.9 Å². The number of hydrogen-bond donors (Lipinski definition) is 0. The van der Waals surface area contributed by atoms with E-state index in [0.29, 0.717) is 30.0 Å². The molecule has 1 saturated heterocycles. The quantitative estimate of drug-likeness (QED) is 0.621. The van der Waals surface area contributed by atoms with Gasteiger partial charge in [0.25, 0.3) is 0 Å². The molecule has 1 unspecified atom stereocenters. The molecule has 0 radical (unpaired) electrons. The van der Waals surface area contributed by atoms with Crippen molar-refractivity contribution in [1.82, 2.24) is 4.90 Å². The molecule has 1 atom stereocenters. The fraction of sp³-hybridized carbons (Fsp3) is 0.381. The van der Waals surface area contributed by atoms with E-state index < -0.39 is 16.4 Å². The van der Waals surface area contributed by atoms with Gasteiger partial charge >= 0.3 is 6.36 Å². The molecule has 0 aromatic heterocycles. The van der Waals surface area contributed by atoms with Crippen molar-refractivity contribution in [3.05, 3.63) is 48.0 Å². The number of likely N-dealkylation sites (tertiary alicyclic amines) is 1. The van der Waals surface area contributed by atoms with Crippen LogP contribution in [0.15, 0.2) is 42.5 Å². The molecule has 3 rings (SSSR count). The summed E-state index contributed by atoms with van der Waals surface area (Å²) in [4.78, 5) is 13.8. The van der Waals surface area contributed by atoms with Gasteiger partial charge in [0, 0.05) is 26.1 Å². The van der Waals surface area contributed by atoms with Crippen molar-refractivity contribution in [3.8, 4) is 17.2 Å². The predicted molar refractivity (Wildman–Crippen MR) is 112 cm³/mol. The lowest BCUT2D eigenvalue weighted by atomic mass is 10.0. The maximum Gasteiger partial charge on any atom is 0.573 e. The van der Waals surface area contributed by atoms with Gasteiger partial charge < -0.3 is 14.4 Å². The molecule has 1 heterocycles. The van der Waals surface area contributed by atoms with Crippen molar-refractivity contribution in [1.29, 1.82) is 0 Å². The molecule has 174 valence electrons. The van der Waals surface area contributed by atoms with Gasteiger partial charge in [0.05, 0.1) is 18.0 Å². The Morgan fingerprint density at radius 1 is 1.12 bits per heavy atom. The summed E-state index contributed by atoms with van der Waals surface area (Å²) >= 11 is 0. The van der Waals surface area contributed by atoms with Crippen molar-refractivity contribution in [2.75, 3.05) is 24.2 Å². The van der Waals surface area contributed by atoms with Crippen molar-refractivity contribution in [3.63, 3.8) is 0 Å². The van der Waals surface area contributed by atoms with Crippen LogP contribution in [0.3, 0.4) is 0 Å². The van der Waals surface area contributed by atoms with E-state index in [0.717, 1.165) is 29.1 Å². The lowest BCUT2D eigenvalue weighted by molar-refractivity contribution is -0.274. The van der Waals surface area contributed by atoms with Crippen LogP contribution in [-0.4, -0.2) is 45.4 Å². The van der Waals surface area contributed by atoms with Gasteiger partial charge in [-0.25, -0.2) is 8.42 Å². The van der Waals surface area contributed by atoms with Crippen LogP contribution in [0.1, 0.15) is 31.4 Å². The minimum absolute atomic E-state index is 0.117. The van der Waals surface area contributed by atoms with Crippen molar-refractivity contribution in [2.24, 2.45) is 0 Å². The third-order valence-corrected chi connectivity index (χ3v) is 6.36. The first-order valence-corrected chi connectivity index (χ1v) is 11.6. The lowest BCUT2D eigenvalue weighted by Crippen LogP contribution is -2.29. The zero-order valence-corrected chi connectivity index (χ0v) is 18.5. The summed E-state index contributed by atoms with van der Waals surface area (Å²) in [5.41, 5.74) is 1.01. The highest BCUT2D eigenvalue weighted by atomic mass is 32.2. The van der Waals surface area contributed by atoms with E-state index in [1.165, 1.54) is 26.1 Å². The fourth-order valence-electron chi connectivity index (χ4n) is 3.58. The fourth-order valence-corrected chi connectivity index (χ4v) is 4.08. The molecule has 7 nitrogen and oxygen atoms in total. The average molecular weight is 472 g/mol. The molecular formula is C21H23F3N2O5S. The van der Waals surface area contributed by atoms with E-state index in [4.69, 9.17) is 4.74 Å². The second-order valence-corrected chi connectivity index (χ2v) is 9.46. The van der Waals surface area contributed by atoms with E-state index in [-0.39, 0.29) is 23.4 Å². The number of nitrogens with zero attached hydrogens (tertiary/aromatic N) is 2. The number of halogens is 3. The molecule has 1 aliphatic heterocycles. The summed E-state index contributed by atoms with van der Waals surface area (Å²) in [7, 11) is -2.09. The lowest BCUT2D eigenvalue weighted by Gasteiger charge is -2.27. The van der Waals surface area contributed by atoms with E-state index in [1.54, 1.807) is 23.1 Å². The number of sulfonamides is 1. The van der Waals surface area contributed by atoms with Crippen LogP contribution in [0.2, 0.25) is 0 Å². The Hall–Kier alpha value is -2.95. The Morgan fingerprint density at radius 2 is 1.75 bits per heavy atom. The van der Waals surface area contributed by atoms with Crippen molar-refractivity contribution in [2.45, 2.75) is 32.2 Å². The van der Waals surface area contributed by atoms with E-state index >= 15 is 0 Å². The second-order valence-electron chi connectivity index (χ2n) is 7.44. The van der Waals surface area contributed by atoms with Crippen LogP contribution >= 0.6 is 0 Å². The molecule has 32 heavy (non-hydrogen) atoms. The van der Waals surface area contributed by atoms with Crippen LogP contribution in [0.4, 0.5) is 18.9 Å². The Balaban J connectivity index is 1.96. The number of carbonyl (C=O) groups is 1. The van der Waals surface area contributed by atoms with Gasteiger partial charge in [-0.1, -0.05) is 0 Å². The smallest absolute Gasteiger partial charge is 0.457 e. The second kappa shape index (κ2) is 8.89. The maximum absolute atomic E-state index is 12.4. The molecule has 1 amide bonds. The molecule has 0 bridgehead atoms. The maximum atomic E-state index is 12.4. The molecule has 0 N–H and O–H groups in total. The average Bonchev–Trinajstić information content (AvgIpc) is 3.17. The van der Waals surface area contributed by atoms with Gasteiger partial charge in [-0.15, -0.1) is 13.2 Å². The third-order valence-electron chi connectivity index (χ3n) is 5.16. The Morgan fingerprint density at radius 3 is 2.31 bits per heavy atom. The summed E-state index contributed by atoms with van der Waals surface area (Å²) in [6, 6.07) is 9.42. The number of hydrogen-bond acceptors (Lipinski definition) is 5. The number of anilines is 1. The van der Waals surface area contributed by atoms with E-state index in [9.17, 15) is 26.4 Å². The molecule has 2 aromatic rings. The normalized spacial score (nSPS) is 16.7. The van der Waals surface area contributed by atoms with Gasteiger partial charge in [0.15, 0.2) is 0 Å². The Bertz CT molecular complexity index is 1090. The van der Waals surface area contributed by atoms with Crippen LogP contribution in [0, 0.1) is 0 Å².